The number of likely N-dealkylation sites (tertiary alicyclic amines) is 1. The van der Waals surface area contributed by atoms with Crippen molar-refractivity contribution in [2.75, 3.05) is 11.9 Å². The van der Waals surface area contributed by atoms with Crippen LogP contribution in [0.15, 0.2) is 41.8 Å². The average molecular weight is 290 g/mol. The molecule has 0 spiro atoms. The van der Waals surface area contributed by atoms with Crippen molar-refractivity contribution in [2.45, 2.75) is 18.9 Å². The zero-order chi connectivity index (χ0) is 13.9. The van der Waals surface area contributed by atoms with Gasteiger partial charge in [-0.3, -0.25) is 0 Å². The van der Waals surface area contributed by atoms with Gasteiger partial charge in [0.2, 0.25) is 0 Å². The van der Waals surface area contributed by atoms with Crippen LogP contribution in [-0.4, -0.2) is 17.5 Å². The number of carbonyl (C=O) groups excluding carboxylic acids is 1. The van der Waals surface area contributed by atoms with Crippen LogP contribution in [0.25, 0.3) is 0 Å². The number of urea groups is 1. The summed E-state index contributed by atoms with van der Waals surface area (Å²) in [6.45, 7) is 0.740. The maximum absolute atomic E-state index is 13.1. The summed E-state index contributed by atoms with van der Waals surface area (Å²) in [4.78, 5) is 15.4. The number of hydrogen-bond acceptors (Lipinski definition) is 2. The Balaban J connectivity index is 1.73. The molecular weight excluding hydrogens is 275 g/mol. The Morgan fingerprint density at radius 2 is 2.25 bits per heavy atom. The summed E-state index contributed by atoms with van der Waals surface area (Å²) in [5.41, 5.74) is 0.492. The summed E-state index contributed by atoms with van der Waals surface area (Å²) >= 11 is 1.67. The number of anilines is 1. The molecule has 0 bridgehead atoms. The van der Waals surface area contributed by atoms with Crippen LogP contribution in [0.4, 0.5) is 14.9 Å². The SMILES string of the molecule is O=C(Nc1cccc(F)c1)N1CCC[C@H]1c1cccs1. The molecule has 1 aliphatic heterocycles. The summed E-state index contributed by atoms with van der Waals surface area (Å²) in [7, 11) is 0. The quantitative estimate of drug-likeness (QED) is 0.880. The fraction of sp³-hybridized carbons (Fsp3) is 0.267. The Morgan fingerprint density at radius 1 is 1.35 bits per heavy atom. The first kappa shape index (κ1) is 13.1. The summed E-state index contributed by atoms with van der Waals surface area (Å²) in [6, 6.07) is 10.0. The van der Waals surface area contributed by atoms with Crippen molar-refractivity contribution in [3.05, 3.63) is 52.5 Å². The minimum atomic E-state index is -0.348. The summed E-state index contributed by atoms with van der Waals surface area (Å²) in [6.07, 6.45) is 1.98. The Labute approximate surface area is 121 Å². The van der Waals surface area contributed by atoms with E-state index in [0.717, 1.165) is 19.4 Å². The summed E-state index contributed by atoms with van der Waals surface area (Å²) in [5, 5.41) is 4.79. The molecule has 0 saturated carbocycles. The normalized spacial score (nSPS) is 18.2. The highest BCUT2D eigenvalue weighted by molar-refractivity contribution is 7.10. The van der Waals surface area contributed by atoms with E-state index in [1.165, 1.54) is 17.0 Å². The summed E-state index contributed by atoms with van der Waals surface area (Å²) < 4.78 is 13.1. The molecule has 5 heteroatoms. The van der Waals surface area contributed by atoms with Crippen molar-refractivity contribution < 1.29 is 9.18 Å². The van der Waals surface area contributed by atoms with E-state index in [4.69, 9.17) is 0 Å². The monoisotopic (exact) mass is 290 g/mol. The van der Waals surface area contributed by atoms with Gasteiger partial charge in [-0.15, -0.1) is 11.3 Å². The highest BCUT2D eigenvalue weighted by Gasteiger charge is 2.30. The number of carbonyl (C=O) groups is 1. The minimum Gasteiger partial charge on any atom is -0.317 e. The first-order valence-electron chi connectivity index (χ1n) is 6.60. The van der Waals surface area contributed by atoms with Crippen molar-refractivity contribution in [1.82, 2.24) is 4.90 Å². The van der Waals surface area contributed by atoms with E-state index < -0.39 is 0 Å². The number of nitrogens with zero attached hydrogens (tertiary/aromatic N) is 1. The smallest absolute Gasteiger partial charge is 0.317 e. The Bertz CT molecular complexity index is 600. The molecule has 0 unspecified atom stereocenters. The molecule has 3 nitrogen and oxygen atoms in total. The lowest BCUT2D eigenvalue weighted by molar-refractivity contribution is 0.208. The standard InChI is InChI=1S/C15H15FN2OS/c16-11-4-1-5-12(10-11)17-15(19)18-8-2-6-13(18)14-7-3-9-20-14/h1,3-5,7,9-10,13H,2,6,8H2,(H,17,19)/t13-/m0/s1. The van der Waals surface area contributed by atoms with Crippen LogP contribution >= 0.6 is 11.3 Å². The van der Waals surface area contributed by atoms with Gasteiger partial charge in [-0.25, -0.2) is 9.18 Å². The molecule has 3 rings (SSSR count). The Morgan fingerprint density at radius 3 is 3.00 bits per heavy atom. The molecule has 2 heterocycles. The van der Waals surface area contributed by atoms with Crippen molar-refractivity contribution >= 4 is 23.1 Å². The number of halogens is 1. The Hall–Kier alpha value is -1.88. The lowest BCUT2D eigenvalue weighted by Gasteiger charge is -2.24. The molecule has 2 amide bonds. The zero-order valence-corrected chi connectivity index (χ0v) is 11.7. The summed E-state index contributed by atoms with van der Waals surface area (Å²) in [5.74, 6) is -0.348. The second kappa shape index (κ2) is 5.63. The molecule has 1 aliphatic rings. The number of benzene rings is 1. The van der Waals surface area contributed by atoms with Crippen LogP contribution in [-0.2, 0) is 0 Å². The van der Waals surface area contributed by atoms with Gasteiger partial charge >= 0.3 is 6.03 Å². The predicted octanol–water partition coefficient (Wildman–Crippen LogP) is 4.26. The van der Waals surface area contributed by atoms with Gasteiger partial charge < -0.3 is 10.2 Å². The minimum absolute atomic E-state index is 0.142. The van der Waals surface area contributed by atoms with E-state index in [2.05, 4.69) is 11.4 Å². The van der Waals surface area contributed by atoms with E-state index in [-0.39, 0.29) is 17.9 Å². The Kier molecular flexibility index (Phi) is 3.69. The second-order valence-electron chi connectivity index (χ2n) is 4.81. The molecule has 1 aromatic heterocycles. The third kappa shape index (κ3) is 2.67. The number of amides is 2. The molecular formula is C15H15FN2OS. The van der Waals surface area contributed by atoms with Crippen molar-refractivity contribution in [3.8, 4) is 0 Å². The molecule has 1 fully saturated rings. The van der Waals surface area contributed by atoms with Gasteiger partial charge in [0.05, 0.1) is 6.04 Å². The predicted molar refractivity (Wildman–Crippen MR) is 78.4 cm³/mol. The van der Waals surface area contributed by atoms with Gasteiger partial charge in [-0.2, -0.15) is 0 Å². The molecule has 2 aromatic rings. The molecule has 1 aromatic carbocycles. The molecule has 1 saturated heterocycles. The second-order valence-corrected chi connectivity index (χ2v) is 5.79. The lowest BCUT2D eigenvalue weighted by atomic mass is 10.2. The maximum Gasteiger partial charge on any atom is 0.322 e. The van der Waals surface area contributed by atoms with Crippen LogP contribution in [0.1, 0.15) is 23.8 Å². The fourth-order valence-corrected chi connectivity index (χ4v) is 3.42. The molecule has 104 valence electrons. The van der Waals surface area contributed by atoms with E-state index in [1.807, 2.05) is 16.3 Å². The van der Waals surface area contributed by atoms with Gasteiger partial charge in [-0.1, -0.05) is 12.1 Å². The van der Waals surface area contributed by atoms with Crippen LogP contribution < -0.4 is 5.32 Å². The van der Waals surface area contributed by atoms with E-state index >= 15 is 0 Å². The largest absolute Gasteiger partial charge is 0.322 e. The molecule has 1 atom stereocenters. The first-order chi connectivity index (χ1) is 9.74. The number of rotatable bonds is 2. The van der Waals surface area contributed by atoms with Gasteiger partial charge in [0, 0.05) is 17.1 Å². The number of nitrogens with one attached hydrogen (secondary N) is 1. The molecule has 1 N–H and O–H groups in total. The lowest BCUT2D eigenvalue weighted by Crippen LogP contribution is -2.34. The fourth-order valence-electron chi connectivity index (χ4n) is 2.55. The van der Waals surface area contributed by atoms with E-state index in [9.17, 15) is 9.18 Å². The van der Waals surface area contributed by atoms with Crippen LogP contribution in [0.3, 0.4) is 0 Å². The van der Waals surface area contributed by atoms with Crippen molar-refractivity contribution in [3.63, 3.8) is 0 Å². The first-order valence-corrected chi connectivity index (χ1v) is 7.48. The number of hydrogen-bond donors (Lipinski definition) is 1. The molecule has 0 aliphatic carbocycles. The highest BCUT2D eigenvalue weighted by Crippen LogP contribution is 2.34. The maximum atomic E-state index is 13.1. The topological polar surface area (TPSA) is 32.3 Å². The van der Waals surface area contributed by atoms with E-state index in [1.54, 1.807) is 23.5 Å². The van der Waals surface area contributed by atoms with Crippen molar-refractivity contribution in [2.24, 2.45) is 0 Å². The van der Waals surface area contributed by atoms with Crippen LogP contribution in [0.5, 0.6) is 0 Å². The van der Waals surface area contributed by atoms with Gasteiger partial charge in [0.15, 0.2) is 0 Å². The van der Waals surface area contributed by atoms with Gasteiger partial charge in [-0.05, 0) is 42.5 Å². The van der Waals surface area contributed by atoms with Crippen LogP contribution in [0, 0.1) is 5.82 Å². The average Bonchev–Trinajstić information content (AvgIpc) is 3.09. The van der Waals surface area contributed by atoms with Gasteiger partial charge in [0.1, 0.15) is 5.82 Å². The van der Waals surface area contributed by atoms with Crippen molar-refractivity contribution in [1.29, 1.82) is 0 Å². The number of thiophene rings is 1. The third-order valence-corrected chi connectivity index (χ3v) is 4.43. The highest BCUT2D eigenvalue weighted by atomic mass is 32.1. The zero-order valence-electron chi connectivity index (χ0n) is 10.9. The van der Waals surface area contributed by atoms with Gasteiger partial charge in [0.25, 0.3) is 0 Å². The molecule has 20 heavy (non-hydrogen) atoms. The third-order valence-electron chi connectivity index (χ3n) is 3.46. The molecule has 0 radical (unpaired) electrons. The van der Waals surface area contributed by atoms with E-state index in [0.29, 0.717) is 5.69 Å². The van der Waals surface area contributed by atoms with Crippen LogP contribution in [0.2, 0.25) is 0 Å².